The van der Waals surface area contributed by atoms with Gasteiger partial charge in [0.15, 0.2) is 16.6 Å². The fourth-order valence-electron chi connectivity index (χ4n) is 3.14. The maximum Gasteiger partial charge on any atom is 0.175 e. The zero-order valence-electron chi connectivity index (χ0n) is 17.5. The van der Waals surface area contributed by atoms with Crippen molar-refractivity contribution in [2.24, 2.45) is 0 Å². The number of anilines is 2. The van der Waals surface area contributed by atoms with E-state index in [1.54, 1.807) is 31.0 Å². The van der Waals surface area contributed by atoms with Crippen LogP contribution in [0.4, 0.5) is 15.8 Å². The Bertz CT molecular complexity index is 1220. The fraction of sp³-hybridized carbons (Fsp3) is 0.0833. The second-order valence-electron chi connectivity index (χ2n) is 6.85. The third kappa shape index (κ3) is 4.87. The Labute approximate surface area is 190 Å². The third-order valence-electron chi connectivity index (χ3n) is 4.76. The lowest BCUT2D eigenvalue weighted by atomic mass is 10.1. The van der Waals surface area contributed by atoms with Gasteiger partial charge in [0, 0.05) is 23.1 Å². The van der Waals surface area contributed by atoms with Crippen LogP contribution >= 0.6 is 12.2 Å². The topological polar surface area (TPSA) is 60.3 Å². The summed E-state index contributed by atoms with van der Waals surface area (Å²) in [5, 5.41) is 11.2. The van der Waals surface area contributed by atoms with Crippen LogP contribution < -0.4 is 20.1 Å². The number of aromatic nitrogens is 2. The number of methoxy groups -OCH3 is 2. The monoisotopic (exact) mass is 448 g/mol. The van der Waals surface area contributed by atoms with Gasteiger partial charge in [-0.25, -0.2) is 9.07 Å². The molecule has 2 N–H and O–H groups in total. The van der Waals surface area contributed by atoms with E-state index in [-0.39, 0.29) is 5.82 Å². The number of halogens is 1. The van der Waals surface area contributed by atoms with E-state index < -0.39 is 0 Å². The molecule has 8 heteroatoms. The first-order chi connectivity index (χ1) is 15.6. The molecule has 0 fully saturated rings. The molecular formula is C24H21FN4O2S. The highest BCUT2D eigenvalue weighted by molar-refractivity contribution is 7.80. The zero-order chi connectivity index (χ0) is 22.5. The van der Waals surface area contributed by atoms with Crippen LogP contribution in [-0.4, -0.2) is 29.1 Å². The average molecular weight is 449 g/mol. The van der Waals surface area contributed by atoms with Gasteiger partial charge < -0.3 is 20.1 Å². The summed E-state index contributed by atoms with van der Waals surface area (Å²) in [6.45, 7) is 0. The Hall–Kier alpha value is -3.91. The minimum absolute atomic E-state index is 0.294. The van der Waals surface area contributed by atoms with Crippen LogP contribution in [-0.2, 0) is 0 Å². The number of nitrogens with zero attached hydrogens (tertiary/aromatic N) is 2. The van der Waals surface area contributed by atoms with Gasteiger partial charge in [0.2, 0.25) is 0 Å². The summed E-state index contributed by atoms with van der Waals surface area (Å²) in [5.41, 5.74) is 4.18. The largest absolute Gasteiger partial charge is 0.493 e. The lowest BCUT2D eigenvalue weighted by molar-refractivity contribution is 0.355. The van der Waals surface area contributed by atoms with Crippen LogP contribution in [0.1, 0.15) is 0 Å². The highest BCUT2D eigenvalue weighted by Crippen LogP contribution is 2.31. The summed E-state index contributed by atoms with van der Waals surface area (Å²) in [5.74, 6) is 1.03. The SMILES string of the molecule is COc1ccc(-c2ccn(-c3ccc(NC(=S)Nc4ccc(F)cc4)cc3)n2)cc1OC. The van der Waals surface area contributed by atoms with Crippen molar-refractivity contribution >= 4 is 28.7 Å². The summed E-state index contributed by atoms with van der Waals surface area (Å²) in [6.07, 6.45) is 1.90. The number of thiocarbonyl (C=S) groups is 1. The number of rotatable bonds is 6. The molecule has 6 nitrogen and oxygen atoms in total. The predicted molar refractivity (Wildman–Crippen MR) is 128 cm³/mol. The Morgan fingerprint density at radius 3 is 2.09 bits per heavy atom. The molecule has 1 aromatic heterocycles. The lowest BCUT2D eigenvalue weighted by Gasteiger charge is -2.11. The van der Waals surface area contributed by atoms with Crippen molar-refractivity contribution in [2.75, 3.05) is 24.9 Å². The number of hydrogen-bond acceptors (Lipinski definition) is 4. The number of nitrogens with one attached hydrogen (secondary N) is 2. The first-order valence-corrected chi connectivity index (χ1v) is 10.2. The number of benzene rings is 3. The molecule has 162 valence electrons. The van der Waals surface area contributed by atoms with E-state index >= 15 is 0 Å². The van der Waals surface area contributed by atoms with E-state index in [2.05, 4.69) is 15.7 Å². The molecule has 0 amide bonds. The van der Waals surface area contributed by atoms with Gasteiger partial charge in [0.1, 0.15) is 5.82 Å². The van der Waals surface area contributed by atoms with Gasteiger partial charge in [-0.05, 0) is 85.0 Å². The van der Waals surface area contributed by atoms with Gasteiger partial charge in [-0.2, -0.15) is 5.10 Å². The van der Waals surface area contributed by atoms with Gasteiger partial charge in [0.25, 0.3) is 0 Å². The van der Waals surface area contributed by atoms with Crippen molar-refractivity contribution in [1.29, 1.82) is 0 Å². The molecule has 32 heavy (non-hydrogen) atoms. The first kappa shape index (κ1) is 21.3. The summed E-state index contributed by atoms with van der Waals surface area (Å²) >= 11 is 5.32. The molecule has 4 rings (SSSR count). The minimum Gasteiger partial charge on any atom is -0.493 e. The van der Waals surface area contributed by atoms with Crippen LogP contribution in [0.25, 0.3) is 16.9 Å². The van der Waals surface area contributed by atoms with E-state index in [9.17, 15) is 4.39 Å². The van der Waals surface area contributed by atoms with Crippen LogP contribution in [0.2, 0.25) is 0 Å². The smallest absolute Gasteiger partial charge is 0.175 e. The average Bonchev–Trinajstić information content (AvgIpc) is 3.31. The number of ether oxygens (including phenoxy) is 2. The molecule has 0 bridgehead atoms. The van der Waals surface area contributed by atoms with Crippen molar-refractivity contribution in [3.63, 3.8) is 0 Å². The van der Waals surface area contributed by atoms with E-state index in [1.807, 2.05) is 54.7 Å². The van der Waals surface area contributed by atoms with Crippen molar-refractivity contribution in [3.05, 3.63) is 84.8 Å². The molecule has 3 aromatic carbocycles. The maximum atomic E-state index is 13.0. The third-order valence-corrected chi connectivity index (χ3v) is 4.96. The lowest BCUT2D eigenvalue weighted by Crippen LogP contribution is -2.19. The molecule has 0 saturated carbocycles. The Morgan fingerprint density at radius 1 is 0.844 bits per heavy atom. The minimum atomic E-state index is -0.294. The van der Waals surface area contributed by atoms with E-state index in [0.717, 1.165) is 22.6 Å². The molecule has 0 aliphatic rings. The van der Waals surface area contributed by atoms with Crippen molar-refractivity contribution < 1.29 is 13.9 Å². The molecule has 0 spiro atoms. The van der Waals surface area contributed by atoms with Crippen LogP contribution in [0.3, 0.4) is 0 Å². The molecule has 0 unspecified atom stereocenters. The fourth-order valence-corrected chi connectivity index (χ4v) is 3.38. The summed E-state index contributed by atoms with van der Waals surface area (Å²) < 4.78 is 25.5. The normalized spacial score (nSPS) is 10.5. The van der Waals surface area contributed by atoms with E-state index in [4.69, 9.17) is 21.7 Å². The second-order valence-corrected chi connectivity index (χ2v) is 7.26. The Kier molecular flexibility index (Phi) is 6.32. The Morgan fingerprint density at radius 2 is 1.47 bits per heavy atom. The molecule has 0 aliphatic heterocycles. The zero-order valence-corrected chi connectivity index (χ0v) is 18.3. The van der Waals surface area contributed by atoms with Crippen LogP contribution in [0.15, 0.2) is 79.0 Å². The second kappa shape index (κ2) is 9.49. The standard InChI is InChI=1S/C24H21FN4O2S/c1-30-22-12-3-16(15-23(22)31-2)21-13-14-29(28-21)20-10-8-19(9-11-20)27-24(32)26-18-6-4-17(25)5-7-18/h3-15H,1-2H3,(H2,26,27,32). The quantitative estimate of drug-likeness (QED) is 0.380. The van der Waals surface area contributed by atoms with Gasteiger partial charge in [-0.15, -0.1) is 0 Å². The van der Waals surface area contributed by atoms with Crippen LogP contribution in [0, 0.1) is 5.82 Å². The molecule has 1 heterocycles. The summed E-state index contributed by atoms with van der Waals surface area (Å²) in [6, 6.07) is 21.3. The van der Waals surface area contributed by atoms with Crippen molar-refractivity contribution in [1.82, 2.24) is 9.78 Å². The van der Waals surface area contributed by atoms with Gasteiger partial charge in [-0.1, -0.05) is 0 Å². The van der Waals surface area contributed by atoms with Crippen molar-refractivity contribution in [3.8, 4) is 28.4 Å². The van der Waals surface area contributed by atoms with Crippen molar-refractivity contribution in [2.45, 2.75) is 0 Å². The summed E-state index contributed by atoms with van der Waals surface area (Å²) in [4.78, 5) is 0. The predicted octanol–water partition coefficient (Wildman–Crippen LogP) is 5.50. The van der Waals surface area contributed by atoms with Gasteiger partial charge in [0.05, 0.1) is 25.6 Å². The maximum absolute atomic E-state index is 13.0. The Balaban J connectivity index is 1.44. The molecular weight excluding hydrogens is 427 g/mol. The first-order valence-electron chi connectivity index (χ1n) is 9.78. The highest BCUT2D eigenvalue weighted by Gasteiger charge is 2.09. The number of hydrogen-bond donors (Lipinski definition) is 2. The molecule has 4 aromatic rings. The molecule has 0 atom stereocenters. The van der Waals surface area contributed by atoms with E-state index in [1.165, 1.54) is 12.1 Å². The highest BCUT2D eigenvalue weighted by atomic mass is 32.1. The van der Waals surface area contributed by atoms with E-state index in [0.29, 0.717) is 22.3 Å². The van der Waals surface area contributed by atoms with Gasteiger partial charge >= 0.3 is 0 Å². The molecule has 0 aliphatic carbocycles. The summed E-state index contributed by atoms with van der Waals surface area (Å²) in [7, 11) is 3.22. The molecule has 0 radical (unpaired) electrons. The molecule has 0 saturated heterocycles. The van der Waals surface area contributed by atoms with Gasteiger partial charge in [-0.3, -0.25) is 0 Å². The van der Waals surface area contributed by atoms with Crippen LogP contribution in [0.5, 0.6) is 11.5 Å².